The highest BCUT2D eigenvalue weighted by atomic mass is 79.9. The molecule has 0 aromatic carbocycles. The number of halogens is 1. The van der Waals surface area contributed by atoms with Gasteiger partial charge in [0.2, 0.25) is 0 Å². The summed E-state index contributed by atoms with van der Waals surface area (Å²) in [6.45, 7) is 7.72. The molecular weight excluding hydrogens is 286 g/mol. The third-order valence-electron chi connectivity index (χ3n) is 2.46. The molecule has 1 aromatic heterocycles. The molecule has 0 amide bonds. The molecular formula is C12H18BrNOS. The monoisotopic (exact) mass is 303 g/mol. The van der Waals surface area contributed by atoms with Crippen molar-refractivity contribution in [3.8, 4) is 0 Å². The molecule has 4 heteroatoms. The molecule has 0 fully saturated rings. The molecule has 0 aliphatic rings. The second kappa shape index (κ2) is 5.94. The van der Waals surface area contributed by atoms with Crippen molar-refractivity contribution in [2.24, 2.45) is 0 Å². The second-order valence-corrected chi connectivity index (χ2v) is 7.08. The largest absolute Gasteiger partial charge is 0.315 e. The van der Waals surface area contributed by atoms with Gasteiger partial charge in [0, 0.05) is 29.8 Å². The number of thiophene rings is 1. The number of nitrogens with one attached hydrogen (secondary N) is 1. The third-order valence-corrected chi connectivity index (χ3v) is 4.45. The molecule has 0 bridgehead atoms. The maximum absolute atomic E-state index is 10.8. The smallest absolute Gasteiger partial charge is 0.131 e. The Morgan fingerprint density at radius 1 is 1.50 bits per heavy atom. The molecule has 1 rings (SSSR count). The lowest BCUT2D eigenvalue weighted by Gasteiger charge is -2.23. The van der Waals surface area contributed by atoms with E-state index in [2.05, 4.69) is 47.2 Å². The average Bonchev–Trinajstić information content (AvgIpc) is 2.60. The Bertz CT molecular complexity index is 360. The van der Waals surface area contributed by atoms with Gasteiger partial charge in [-0.1, -0.05) is 13.8 Å². The molecule has 16 heavy (non-hydrogen) atoms. The molecule has 0 atom stereocenters. The van der Waals surface area contributed by atoms with Crippen LogP contribution in [-0.4, -0.2) is 18.9 Å². The average molecular weight is 304 g/mol. The first kappa shape index (κ1) is 13.9. The zero-order valence-corrected chi connectivity index (χ0v) is 12.4. The summed E-state index contributed by atoms with van der Waals surface area (Å²) in [4.78, 5) is 12.2. The molecule has 1 N–H and O–H groups in total. The van der Waals surface area contributed by atoms with Crippen molar-refractivity contribution >= 4 is 33.0 Å². The molecule has 0 radical (unpaired) electrons. The minimum atomic E-state index is 0.119. The lowest BCUT2D eigenvalue weighted by molar-refractivity contribution is -0.116. The third kappa shape index (κ3) is 4.36. The van der Waals surface area contributed by atoms with E-state index in [1.807, 2.05) is 0 Å². The molecule has 2 nitrogen and oxygen atoms in total. The zero-order valence-electron chi connectivity index (χ0n) is 9.97. The van der Waals surface area contributed by atoms with Gasteiger partial charge in [-0.25, -0.2) is 0 Å². The van der Waals surface area contributed by atoms with Gasteiger partial charge < -0.3 is 5.32 Å². The molecule has 0 aliphatic carbocycles. The number of rotatable bonds is 6. The minimum Gasteiger partial charge on any atom is -0.315 e. The molecule has 0 spiro atoms. The van der Waals surface area contributed by atoms with Crippen LogP contribution >= 0.6 is 27.3 Å². The van der Waals surface area contributed by atoms with Crippen LogP contribution in [0.5, 0.6) is 0 Å². The summed E-state index contributed by atoms with van der Waals surface area (Å²) in [6.07, 6.45) is 0.615. The van der Waals surface area contributed by atoms with Crippen LogP contribution in [0.1, 0.15) is 32.1 Å². The van der Waals surface area contributed by atoms with Crippen molar-refractivity contribution in [3.63, 3.8) is 0 Å². The fraction of sp³-hybridized carbons (Fsp3) is 0.583. The molecule has 0 saturated heterocycles. The van der Waals surface area contributed by atoms with E-state index in [0.29, 0.717) is 6.42 Å². The van der Waals surface area contributed by atoms with Gasteiger partial charge in [0.1, 0.15) is 5.78 Å². The maximum atomic E-state index is 10.8. The zero-order chi connectivity index (χ0) is 12.2. The maximum Gasteiger partial charge on any atom is 0.131 e. The Morgan fingerprint density at radius 2 is 2.19 bits per heavy atom. The molecule has 1 heterocycles. The van der Waals surface area contributed by atoms with Gasteiger partial charge in [0.25, 0.3) is 0 Å². The quantitative estimate of drug-likeness (QED) is 0.817. The number of ketones is 1. The fourth-order valence-electron chi connectivity index (χ4n) is 1.43. The SMILES string of the molecule is CC(=O)CCNCC(C)(C)c1ccc(Br)s1. The summed E-state index contributed by atoms with van der Waals surface area (Å²) in [5.74, 6) is 0.240. The van der Waals surface area contributed by atoms with Gasteiger partial charge in [0.05, 0.1) is 3.79 Å². The van der Waals surface area contributed by atoms with Crippen molar-refractivity contribution in [1.82, 2.24) is 5.32 Å². The first-order valence-corrected chi connectivity index (χ1v) is 6.99. The summed E-state index contributed by atoms with van der Waals surface area (Å²) < 4.78 is 1.17. The van der Waals surface area contributed by atoms with Crippen molar-refractivity contribution in [3.05, 3.63) is 20.8 Å². The lowest BCUT2D eigenvalue weighted by Crippen LogP contribution is -2.33. The Hall–Kier alpha value is -0.190. The van der Waals surface area contributed by atoms with Crippen LogP contribution in [0.15, 0.2) is 15.9 Å². The number of hydrogen-bond donors (Lipinski definition) is 1. The van der Waals surface area contributed by atoms with Crippen LogP contribution in [0.4, 0.5) is 0 Å². The summed E-state index contributed by atoms with van der Waals surface area (Å²) >= 11 is 5.25. The van der Waals surface area contributed by atoms with E-state index < -0.39 is 0 Å². The van der Waals surface area contributed by atoms with Crippen LogP contribution in [0.3, 0.4) is 0 Å². The van der Waals surface area contributed by atoms with E-state index in [0.717, 1.165) is 13.1 Å². The van der Waals surface area contributed by atoms with Gasteiger partial charge in [-0.05, 0) is 35.0 Å². The number of carbonyl (C=O) groups is 1. The molecule has 0 aliphatic heterocycles. The number of Topliss-reactive ketones (excluding diaryl/α,β-unsaturated/α-hetero) is 1. The van der Waals surface area contributed by atoms with Gasteiger partial charge in [0.15, 0.2) is 0 Å². The second-order valence-electron chi connectivity index (χ2n) is 4.62. The minimum absolute atomic E-state index is 0.119. The highest BCUT2D eigenvalue weighted by Crippen LogP contribution is 2.32. The van der Waals surface area contributed by atoms with Crippen LogP contribution in [0, 0.1) is 0 Å². The van der Waals surface area contributed by atoms with E-state index in [-0.39, 0.29) is 11.2 Å². The summed E-state index contributed by atoms with van der Waals surface area (Å²) in [5, 5.41) is 3.34. The van der Waals surface area contributed by atoms with Crippen molar-refractivity contribution in [2.75, 3.05) is 13.1 Å². The van der Waals surface area contributed by atoms with E-state index in [1.165, 1.54) is 8.66 Å². The van der Waals surface area contributed by atoms with Crippen LogP contribution < -0.4 is 5.32 Å². The summed E-state index contributed by atoms with van der Waals surface area (Å²) in [6, 6.07) is 4.23. The molecule has 1 aromatic rings. The van der Waals surface area contributed by atoms with Gasteiger partial charge in [-0.15, -0.1) is 11.3 Å². The predicted octanol–water partition coefficient (Wildman–Crippen LogP) is 3.36. The first-order chi connectivity index (χ1) is 7.42. The highest BCUT2D eigenvalue weighted by molar-refractivity contribution is 9.11. The molecule has 90 valence electrons. The Morgan fingerprint density at radius 3 is 2.69 bits per heavy atom. The topological polar surface area (TPSA) is 29.1 Å². The van der Waals surface area contributed by atoms with E-state index >= 15 is 0 Å². The number of hydrogen-bond acceptors (Lipinski definition) is 3. The van der Waals surface area contributed by atoms with Gasteiger partial charge in [-0.3, -0.25) is 4.79 Å². The van der Waals surface area contributed by atoms with Crippen molar-refractivity contribution in [2.45, 2.75) is 32.6 Å². The van der Waals surface area contributed by atoms with E-state index in [4.69, 9.17) is 0 Å². The molecule has 0 unspecified atom stereocenters. The fourth-order valence-corrected chi connectivity index (χ4v) is 2.92. The Kier molecular flexibility index (Phi) is 5.15. The van der Waals surface area contributed by atoms with Gasteiger partial charge >= 0.3 is 0 Å². The standard InChI is InChI=1S/C12H18BrNOS/c1-9(15)6-7-14-8-12(2,3)10-4-5-11(13)16-10/h4-5,14H,6-8H2,1-3H3. The van der Waals surface area contributed by atoms with Crippen LogP contribution in [0.2, 0.25) is 0 Å². The van der Waals surface area contributed by atoms with E-state index in [1.54, 1.807) is 18.3 Å². The van der Waals surface area contributed by atoms with E-state index in [9.17, 15) is 4.79 Å². The van der Waals surface area contributed by atoms with Crippen molar-refractivity contribution < 1.29 is 4.79 Å². The summed E-state index contributed by atoms with van der Waals surface area (Å²) in [5.41, 5.74) is 0.119. The van der Waals surface area contributed by atoms with Gasteiger partial charge in [-0.2, -0.15) is 0 Å². The van der Waals surface area contributed by atoms with Crippen LogP contribution in [0.25, 0.3) is 0 Å². The summed E-state index contributed by atoms with van der Waals surface area (Å²) in [7, 11) is 0. The predicted molar refractivity (Wildman–Crippen MR) is 73.2 cm³/mol. The lowest BCUT2D eigenvalue weighted by atomic mass is 9.91. The van der Waals surface area contributed by atoms with Crippen LogP contribution in [-0.2, 0) is 10.2 Å². The molecule has 0 saturated carbocycles. The first-order valence-electron chi connectivity index (χ1n) is 5.38. The Labute approximate surface area is 110 Å². The van der Waals surface area contributed by atoms with Crippen molar-refractivity contribution in [1.29, 1.82) is 0 Å². The normalized spacial score (nSPS) is 11.8. The Balaban J connectivity index is 2.43. The number of carbonyl (C=O) groups excluding carboxylic acids is 1. The highest BCUT2D eigenvalue weighted by Gasteiger charge is 2.21.